The number of likely N-dealkylation sites (N-methyl/N-ethyl adjacent to an activating group) is 1. The number of fused-ring (bicyclic) bond motifs is 1. The van der Waals surface area contributed by atoms with E-state index in [0.29, 0.717) is 6.04 Å². The van der Waals surface area contributed by atoms with Gasteiger partial charge >= 0.3 is 0 Å². The van der Waals surface area contributed by atoms with Crippen LogP contribution in [0.2, 0.25) is 0 Å². The van der Waals surface area contributed by atoms with Gasteiger partial charge in [0.2, 0.25) is 0 Å². The Morgan fingerprint density at radius 3 is 2.84 bits per heavy atom. The minimum atomic E-state index is 0.635. The molecule has 0 aliphatic heterocycles. The van der Waals surface area contributed by atoms with Gasteiger partial charge in [-0.2, -0.15) is 0 Å². The van der Waals surface area contributed by atoms with Gasteiger partial charge < -0.3 is 10.2 Å². The van der Waals surface area contributed by atoms with E-state index in [1.165, 1.54) is 17.5 Å². The van der Waals surface area contributed by atoms with E-state index >= 15 is 0 Å². The number of nitrogens with zero attached hydrogens (tertiary/aromatic N) is 2. The number of para-hydroxylation sites is 1. The van der Waals surface area contributed by atoms with Crippen LogP contribution in [0.1, 0.15) is 20.3 Å². The summed E-state index contributed by atoms with van der Waals surface area (Å²) >= 11 is 0. The number of hydrogen-bond acceptors (Lipinski definition) is 3. The summed E-state index contributed by atoms with van der Waals surface area (Å²) in [5, 5.41) is 4.71. The average molecular weight is 257 g/mol. The van der Waals surface area contributed by atoms with Gasteiger partial charge in [-0.1, -0.05) is 25.1 Å². The number of rotatable bonds is 6. The Hall–Kier alpha value is -1.61. The van der Waals surface area contributed by atoms with Gasteiger partial charge in [0.15, 0.2) is 0 Å². The summed E-state index contributed by atoms with van der Waals surface area (Å²) in [7, 11) is 2.18. The fraction of sp³-hybridized carbons (Fsp3) is 0.438. The van der Waals surface area contributed by atoms with Crippen molar-refractivity contribution in [3.63, 3.8) is 0 Å². The van der Waals surface area contributed by atoms with Crippen LogP contribution in [0.25, 0.3) is 10.9 Å². The third-order valence-electron chi connectivity index (χ3n) is 3.77. The highest BCUT2D eigenvalue weighted by atomic mass is 15.1. The smallest absolute Gasteiger partial charge is 0.0722 e. The summed E-state index contributed by atoms with van der Waals surface area (Å²) < 4.78 is 0. The Morgan fingerprint density at radius 2 is 2.05 bits per heavy atom. The molecule has 0 aliphatic rings. The molecule has 3 heteroatoms. The highest BCUT2D eigenvalue weighted by Crippen LogP contribution is 2.20. The van der Waals surface area contributed by atoms with Crippen molar-refractivity contribution in [2.45, 2.75) is 26.3 Å². The predicted molar refractivity (Wildman–Crippen MR) is 82.6 cm³/mol. The van der Waals surface area contributed by atoms with Crippen LogP contribution >= 0.6 is 0 Å². The maximum Gasteiger partial charge on any atom is 0.0722 e. The third-order valence-corrected chi connectivity index (χ3v) is 3.77. The maximum atomic E-state index is 4.38. The lowest BCUT2D eigenvalue weighted by Crippen LogP contribution is -2.32. The van der Waals surface area contributed by atoms with Crippen LogP contribution < -0.4 is 5.32 Å². The lowest BCUT2D eigenvalue weighted by molar-refractivity contribution is 0.261. The molecule has 0 saturated heterocycles. The van der Waals surface area contributed by atoms with Crippen LogP contribution in [-0.2, 0) is 0 Å². The van der Waals surface area contributed by atoms with Crippen LogP contribution in [0.5, 0.6) is 0 Å². The SMILES string of the molecule is CCC(C)N(C)CCNc1ccnc2ccccc12. The molecule has 1 N–H and O–H groups in total. The first-order valence-electron chi connectivity index (χ1n) is 7.00. The van der Waals surface area contributed by atoms with Gasteiger partial charge in [-0.05, 0) is 32.5 Å². The van der Waals surface area contributed by atoms with Crippen molar-refractivity contribution >= 4 is 16.6 Å². The van der Waals surface area contributed by atoms with Crippen molar-refractivity contribution in [2.24, 2.45) is 0 Å². The maximum absolute atomic E-state index is 4.38. The second-order valence-electron chi connectivity index (χ2n) is 5.04. The molecule has 1 unspecified atom stereocenters. The molecule has 1 atom stereocenters. The number of nitrogens with one attached hydrogen (secondary N) is 1. The predicted octanol–water partition coefficient (Wildman–Crippen LogP) is 3.38. The summed E-state index contributed by atoms with van der Waals surface area (Å²) in [5.74, 6) is 0. The van der Waals surface area contributed by atoms with Crippen LogP contribution in [0.4, 0.5) is 5.69 Å². The van der Waals surface area contributed by atoms with Crippen molar-refractivity contribution in [2.75, 3.05) is 25.5 Å². The summed E-state index contributed by atoms with van der Waals surface area (Å²) in [5.41, 5.74) is 2.21. The minimum Gasteiger partial charge on any atom is -0.383 e. The first-order valence-corrected chi connectivity index (χ1v) is 7.00. The molecule has 0 fully saturated rings. The summed E-state index contributed by atoms with van der Waals surface area (Å²) in [6.07, 6.45) is 3.05. The Kier molecular flexibility index (Phi) is 4.74. The lowest BCUT2D eigenvalue weighted by atomic mass is 10.2. The van der Waals surface area contributed by atoms with Gasteiger partial charge in [-0.3, -0.25) is 4.98 Å². The number of hydrogen-bond donors (Lipinski definition) is 1. The van der Waals surface area contributed by atoms with E-state index in [4.69, 9.17) is 0 Å². The second kappa shape index (κ2) is 6.53. The van der Waals surface area contributed by atoms with Gasteiger partial charge in [0.1, 0.15) is 0 Å². The van der Waals surface area contributed by atoms with Crippen LogP contribution in [0, 0.1) is 0 Å². The number of aromatic nitrogens is 1. The fourth-order valence-corrected chi connectivity index (χ4v) is 2.15. The van der Waals surface area contributed by atoms with E-state index in [2.05, 4.69) is 48.2 Å². The van der Waals surface area contributed by atoms with Gasteiger partial charge in [0, 0.05) is 36.4 Å². The van der Waals surface area contributed by atoms with Crippen molar-refractivity contribution < 1.29 is 0 Å². The minimum absolute atomic E-state index is 0.635. The number of benzene rings is 1. The first kappa shape index (κ1) is 13.8. The zero-order valence-corrected chi connectivity index (χ0v) is 12.1. The molecule has 2 rings (SSSR count). The molecule has 0 radical (unpaired) electrons. The average Bonchev–Trinajstić information content (AvgIpc) is 2.46. The molecule has 102 valence electrons. The topological polar surface area (TPSA) is 28.2 Å². The molecule has 1 heterocycles. The Bertz CT molecular complexity index is 519. The first-order chi connectivity index (χ1) is 9.22. The van der Waals surface area contributed by atoms with Crippen molar-refractivity contribution in [1.82, 2.24) is 9.88 Å². The molecule has 0 amide bonds. The molecule has 0 bridgehead atoms. The molecular formula is C16H23N3. The van der Waals surface area contributed by atoms with Gasteiger partial charge in [0.25, 0.3) is 0 Å². The van der Waals surface area contributed by atoms with E-state index in [0.717, 1.165) is 18.6 Å². The fourth-order valence-electron chi connectivity index (χ4n) is 2.15. The normalized spacial score (nSPS) is 12.8. The Balaban J connectivity index is 1.99. The van der Waals surface area contributed by atoms with Gasteiger partial charge in [0.05, 0.1) is 5.52 Å². The van der Waals surface area contributed by atoms with E-state index in [9.17, 15) is 0 Å². The van der Waals surface area contributed by atoms with Gasteiger partial charge in [-0.25, -0.2) is 0 Å². The van der Waals surface area contributed by atoms with Crippen LogP contribution in [0.3, 0.4) is 0 Å². The zero-order valence-electron chi connectivity index (χ0n) is 12.1. The molecular weight excluding hydrogens is 234 g/mol. The highest BCUT2D eigenvalue weighted by molar-refractivity contribution is 5.90. The van der Waals surface area contributed by atoms with Crippen LogP contribution in [0.15, 0.2) is 36.5 Å². The van der Waals surface area contributed by atoms with E-state index in [1.807, 2.05) is 24.4 Å². The summed E-state index contributed by atoms with van der Waals surface area (Å²) in [6, 6.07) is 10.9. The third kappa shape index (κ3) is 3.44. The van der Waals surface area contributed by atoms with E-state index in [-0.39, 0.29) is 0 Å². The van der Waals surface area contributed by atoms with E-state index in [1.54, 1.807) is 0 Å². The quantitative estimate of drug-likeness (QED) is 0.860. The second-order valence-corrected chi connectivity index (χ2v) is 5.04. The molecule has 2 aromatic rings. The molecule has 1 aromatic heterocycles. The number of pyridine rings is 1. The highest BCUT2D eigenvalue weighted by Gasteiger charge is 2.06. The molecule has 3 nitrogen and oxygen atoms in total. The van der Waals surface area contributed by atoms with Crippen molar-refractivity contribution in [1.29, 1.82) is 0 Å². The van der Waals surface area contributed by atoms with Crippen molar-refractivity contribution in [3.8, 4) is 0 Å². The zero-order chi connectivity index (χ0) is 13.7. The summed E-state index contributed by atoms with van der Waals surface area (Å²) in [6.45, 7) is 6.49. The Morgan fingerprint density at radius 1 is 1.26 bits per heavy atom. The molecule has 0 saturated carbocycles. The lowest BCUT2D eigenvalue weighted by Gasteiger charge is -2.23. The monoisotopic (exact) mass is 257 g/mol. The van der Waals surface area contributed by atoms with E-state index < -0.39 is 0 Å². The molecule has 0 aliphatic carbocycles. The molecule has 0 spiro atoms. The van der Waals surface area contributed by atoms with Gasteiger partial charge in [-0.15, -0.1) is 0 Å². The number of anilines is 1. The standard InChI is InChI=1S/C16H23N3/c1-4-13(2)19(3)12-11-18-16-9-10-17-15-8-6-5-7-14(15)16/h5-10,13H,4,11-12H2,1-3H3,(H,17,18). The van der Waals surface area contributed by atoms with Crippen molar-refractivity contribution in [3.05, 3.63) is 36.5 Å². The van der Waals surface area contributed by atoms with Crippen LogP contribution in [-0.4, -0.2) is 36.1 Å². The summed E-state index contributed by atoms with van der Waals surface area (Å²) in [4.78, 5) is 6.76. The largest absolute Gasteiger partial charge is 0.383 e. The Labute approximate surface area is 115 Å². The molecule has 19 heavy (non-hydrogen) atoms. The molecule has 1 aromatic carbocycles.